The highest BCUT2D eigenvalue weighted by Crippen LogP contribution is 2.28. The topological polar surface area (TPSA) is 46.3 Å². The fourth-order valence-electron chi connectivity index (χ4n) is 2.02. The molecule has 0 aromatic heterocycles. The molecule has 14 heavy (non-hydrogen) atoms. The summed E-state index contributed by atoms with van der Waals surface area (Å²) in [6.45, 7) is 7.06. The molecule has 82 valence electrons. The molecular formula is C11H22N2O. The molecule has 1 saturated heterocycles. The Bertz CT molecular complexity index is 213. The Morgan fingerprint density at radius 2 is 2.21 bits per heavy atom. The smallest absolute Gasteiger partial charge is 0.223 e. The number of hydrogen-bond acceptors (Lipinski definition) is 2. The first kappa shape index (κ1) is 11.5. The number of nitrogens with zero attached hydrogens (tertiary/aromatic N) is 1. The van der Waals surface area contributed by atoms with Crippen molar-refractivity contribution in [3.63, 3.8) is 0 Å². The Labute approximate surface area is 86.6 Å². The van der Waals surface area contributed by atoms with E-state index in [9.17, 15) is 4.79 Å². The van der Waals surface area contributed by atoms with Crippen LogP contribution in [0.25, 0.3) is 0 Å². The summed E-state index contributed by atoms with van der Waals surface area (Å²) in [7, 11) is 0. The molecule has 1 amide bonds. The van der Waals surface area contributed by atoms with Crippen LogP contribution in [-0.2, 0) is 4.79 Å². The molecule has 0 aromatic rings. The van der Waals surface area contributed by atoms with Crippen molar-refractivity contribution >= 4 is 5.91 Å². The molecule has 0 spiro atoms. The lowest BCUT2D eigenvalue weighted by Crippen LogP contribution is -2.51. The second kappa shape index (κ2) is 4.30. The monoisotopic (exact) mass is 198 g/mol. The first-order valence-corrected chi connectivity index (χ1v) is 5.56. The molecule has 3 nitrogen and oxygen atoms in total. The molecule has 1 aliphatic rings. The molecular weight excluding hydrogens is 176 g/mol. The van der Waals surface area contributed by atoms with E-state index in [-0.39, 0.29) is 17.5 Å². The number of nitrogens with two attached hydrogens (primary N) is 1. The van der Waals surface area contributed by atoms with Crippen molar-refractivity contribution in [3.8, 4) is 0 Å². The van der Waals surface area contributed by atoms with Crippen molar-refractivity contribution in [1.29, 1.82) is 0 Å². The zero-order valence-corrected chi connectivity index (χ0v) is 9.55. The van der Waals surface area contributed by atoms with Crippen LogP contribution in [0.15, 0.2) is 0 Å². The number of unbranched alkanes of at least 4 members (excludes halogenated alkanes) is 1. The number of carbonyl (C=O) groups excluding carboxylic acids is 1. The summed E-state index contributed by atoms with van der Waals surface area (Å²) in [5.41, 5.74) is 5.83. The van der Waals surface area contributed by atoms with Crippen molar-refractivity contribution in [2.45, 2.75) is 58.0 Å². The summed E-state index contributed by atoms with van der Waals surface area (Å²) < 4.78 is 0. The van der Waals surface area contributed by atoms with E-state index in [0.717, 1.165) is 25.8 Å². The van der Waals surface area contributed by atoms with Crippen molar-refractivity contribution in [2.24, 2.45) is 5.73 Å². The third kappa shape index (κ3) is 2.08. The van der Waals surface area contributed by atoms with Gasteiger partial charge in [0.1, 0.15) is 0 Å². The second-order valence-corrected chi connectivity index (χ2v) is 4.70. The minimum absolute atomic E-state index is 0.132. The summed E-state index contributed by atoms with van der Waals surface area (Å²) in [6.07, 6.45) is 3.67. The standard InChI is InChI=1S/C11H22N2O/c1-4-5-6-10(14)13-8-7-9(12)11(13,2)3/h9H,4-8,12H2,1-3H3. The predicted octanol–water partition coefficient (Wildman–Crippen LogP) is 1.51. The number of carbonyl (C=O) groups is 1. The average Bonchev–Trinajstić information content (AvgIpc) is 2.38. The summed E-state index contributed by atoms with van der Waals surface area (Å²) in [5.74, 6) is 0.268. The van der Waals surface area contributed by atoms with Gasteiger partial charge in [0.15, 0.2) is 0 Å². The van der Waals surface area contributed by atoms with Gasteiger partial charge in [0.05, 0.1) is 5.54 Å². The predicted molar refractivity (Wildman–Crippen MR) is 57.9 cm³/mol. The van der Waals surface area contributed by atoms with Crippen molar-refractivity contribution in [2.75, 3.05) is 6.54 Å². The Morgan fingerprint density at radius 3 is 2.64 bits per heavy atom. The molecule has 3 heteroatoms. The van der Waals surface area contributed by atoms with Crippen LogP contribution in [0.4, 0.5) is 0 Å². The van der Waals surface area contributed by atoms with E-state index in [1.807, 2.05) is 4.90 Å². The van der Waals surface area contributed by atoms with E-state index < -0.39 is 0 Å². The first-order valence-electron chi connectivity index (χ1n) is 5.56. The molecule has 0 saturated carbocycles. The van der Waals surface area contributed by atoms with Gasteiger partial charge in [-0.25, -0.2) is 0 Å². The fourth-order valence-corrected chi connectivity index (χ4v) is 2.02. The van der Waals surface area contributed by atoms with Gasteiger partial charge >= 0.3 is 0 Å². The number of hydrogen-bond donors (Lipinski definition) is 1. The minimum Gasteiger partial charge on any atom is -0.336 e. The van der Waals surface area contributed by atoms with Crippen molar-refractivity contribution in [3.05, 3.63) is 0 Å². The van der Waals surface area contributed by atoms with E-state index in [2.05, 4.69) is 20.8 Å². The Balaban J connectivity index is 2.56. The molecule has 1 rings (SSSR count). The maximum Gasteiger partial charge on any atom is 0.223 e. The van der Waals surface area contributed by atoms with Crippen molar-refractivity contribution in [1.82, 2.24) is 4.90 Å². The van der Waals surface area contributed by atoms with Gasteiger partial charge in [0.25, 0.3) is 0 Å². The van der Waals surface area contributed by atoms with Crippen LogP contribution in [0.1, 0.15) is 46.5 Å². The van der Waals surface area contributed by atoms with Crippen LogP contribution in [0.5, 0.6) is 0 Å². The third-order valence-corrected chi connectivity index (χ3v) is 3.31. The Hall–Kier alpha value is -0.570. The van der Waals surface area contributed by atoms with Crippen LogP contribution in [0, 0.1) is 0 Å². The molecule has 0 aliphatic carbocycles. The third-order valence-electron chi connectivity index (χ3n) is 3.31. The molecule has 1 fully saturated rings. The molecule has 1 aliphatic heterocycles. The normalized spacial score (nSPS) is 25.4. The molecule has 2 N–H and O–H groups in total. The number of amides is 1. The molecule has 1 atom stereocenters. The maximum atomic E-state index is 11.8. The van der Waals surface area contributed by atoms with E-state index in [4.69, 9.17) is 5.73 Å². The van der Waals surface area contributed by atoms with Crippen LogP contribution >= 0.6 is 0 Å². The first-order chi connectivity index (χ1) is 6.50. The summed E-state index contributed by atoms with van der Waals surface area (Å²) in [5, 5.41) is 0. The molecule has 0 aromatic carbocycles. The number of likely N-dealkylation sites (tertiary alicyclic amines) is 1. The highest BCUT2D eigenvalue weighted by atomic mass is 16.2. The fraction of sp³-hybridized carbons (Fsp3) is 0.909. The van der Waals surface area contributed by atoms with Gasteiger partial charge in [-0.1, -0.05) is 13.3 Å². The van der Waals surface area contributed by atoms with Crippen LogP contribution in [0.3, 0.4) is 0 Å². The maximum absolute atomic E-state index is 11.8. The Kier molecular flexibility index (Phi) is 3.53. The largest absolute Gasteiger partial charge is 0.336 e. The van der Waals surface area contributed by atoms with Gasteiger partial charge in [-0.3, -0.25) is 4.79 Å². The van der Waals surface area contributed by atoms with Gasteiger partial charge in [0, 0.05) is 19.0 Å². The van der Waals surface area contributed by atoms with Crippen LogP contribution < -0.4 is 5.73 Å². The van der Waals surface area contributed by atoms with Crippen molar-refractivity contribution < 1.29 is 4.79 Å². The van der Waals surface area contributed by atoms with E-state index in [1.54, 1.807) is 0 Å². The molecule has 0 bridgehead atoms. The molecule has 1 unspecified atom stereocenters. The quantitative estimate of drug-likeness (QED) is 0.747. The second-order valence-electron chi connectivity index (χ2n) is 4.70. The lowest BCUT2D eigenvalue weighted by Gasteiger charge is -2.34. The highest BCUT2D eigenvalue weighted by Gasteiger charge is 2.41. The average molecular weight is 198 g/mol. The van der Waals surface area contributed by atoms with Gasteiger partial charge < -0.3 is 10.6 Å². The van der Waals surface area contributed by atoms with Gasteiger partial charge in [-0.2, -0.15) is 0 Å². The lowest BCUT2D eigenvalue weighted by molar-refractivity contribution is -0.134. The van der Waals surface area contributed by atoms with Gasteiger partial charge in [-0.15, -0.1) is 0 Å². The zero-order chi connectivity index (χ0) is 10.8. The summed E-state index contributed by atoms with van der Waals surface area (Å²) in [4.78, 5) is 13.8. The summed E-state index contributed by atoms with van der Waals surface area (Å²) >= 11 is 0. The lowest BCUT2D eigenvalue weighted by atomic mass is 9.96. The Morgan fingerprint density at radius 1 is 1.57 bits per heavy atom. The van der Waals surface area contributed by atoms with Gasteiger partial charge in [-0.05, 0) is 26.7 Å². The van der Waals surface area contributed by atoms with E-state index in [1.165, 1.54) is 0 Å². The van der Waals surface area contributed by atoms with Crippen LogP contribution in [-0.4, -0.2) is 28.9 Å². The SMILES string of the molecule is CCCCC(=O)N1CCC(N)C1(C)C. The van der Waals surface area contributed by atoms with Gasteiger partial charge in [0.2, 0.25) is 5.91 Å². The number of rotatable bonds is 3. The molecule has 0 radical (unpaired) electrons. The minimum atomic E-state index is -0.148. The summed E-state index contributed by atoms with van der Waals surface area (Å²) in [6, 6.07) is 0.132. The van der Waals surface area contributed by atoms with E-state index >= 15 is 0 Å². The van der Waals surface area contributed by atoms with E-state index in [0.29, 0.717) is 6.42 Å². The zero-order valence-electron chi connectivity index (χ0n) is 9.55. The highest BCUT2D eigenvalue weighted by molar-refractivity contribution is 5.77. The van der Waals surface area contributed by atoms with Crippen LogP contribution in [0.2, 0.25) is 0 Å². The molecule has 1 heterocycles.